The number of hydrogen-bond acceptors (Lipinski definition) is 3. The molecule has 0 aliphatic heterocycles. The quantitative estimate of drug-likeness (QED) is 0.439. The number of aryl methyl sites for hydroxylation is 2. The van der Waals surface area contributed by atoms with E-state index in [0.717, 1.165) is 41.6 Å². The van der Waals surface area contributed by atoms with Gasteiger partial charge in [0.2, 0.25) is 0 Å². The first-order valence-electron chi connectivity index (χ1n) is 11.5. The average molecular weight is 461 g/mol. The van der Waals surface area contributed by atoms with Crippen molar-refractivity contribution in [2.75, 3.05) is 10.6 Å². The van der Waals surface area contributed by atoms with E-state index in [2.05, 4.69) is 31.4 Å². The lowest BCUT2D eigenvalue weighted by Crippen LogP contribution is -2.27. The Bertz CT molecular complexity index is 1190. The van der Waals surface area contributed by atoms with E-state index in [-0.39, 0.29) is 17.2 Å². The van der Waals surface area contributed by atoms with E-state index in [4.69, 9.17) is 0 Å². The standard InChI is InChI=1S/C28H32N2O2S/c1-17-9-11-19(12-10-17)25(31)30-27-24(26(32)29-21-8-6-7-18(2)15-21)22-14-13-20(28(3,4)5)16-23(22)33-27/h6-12,15,20H,13-14,16H2,1-5H3,(H,29,32)(H,30,31). The first kappa shape index (κ1) is 23.2. The van der Waals surface area contributed by atoms with Crippen molar-refractivity contribution in [1.82, 2.24) is 0 Å². The van der Waals surface area contributed by atoms with Gasteiger partial charge in [0.25, 0.3) is 11.8 Å². The highest BCUT2D eigenvalue weighted by molar-refractivity contribution is 7.17. The molecule has 1 unspecified atom stereocenters. The lowest BCUT2D eigenvalue weighted by molar-refractivity contribution is 0.102. The maximum atomic E-state index is 13.5. The second-order valence-electron chi connectivity index (χ2n) is 10.2. The largest absolute Gasteiger partial charge is 0.322 e. The fourth-order valence-corrected chi connectivity index (χ4v) is 5.77. The monoisotopic (exact) mass is 460 g/mol. The van der Waals surface area contributed by atoms with E-state index >= 15 is 0 Å². The van der Waals surface area contributed by atoms with Crippen LogP contribution in [0.5, 0.6) is 0 Å². The lowest BCUT2D eigenvalue weighted by Gasteiger charge is -2.33. The van der Waals surface area contributed by atoms with Crippen LogP contribution in [0.2, 0.25) is 0 Å². The fraction of sp³-hybridized carbons (Fsp3) is 0.357. The average Bonchev–Trinajstić information content (AvgIpc) is 3.10. The zero-order valence-corrected chi connectivity index (χ0v) is 20.9. The molecule has 1 aliphatic rings. The Morgan fingerprint density at radius 2 is 1.67 bits per heavy atom. The molecular weight excluding hydrogens is 428 g/mol. The smallest absolute Gasteiger partial charge is 0.258 e. The third-order valence-corrected chi connectivity index (χ3v) is 7.70. The van der Waals surface area contributed by atoms with Gasteiger partial charge in [-0.3, -0.25) is 9.59 Å². The van der Waals surface area contributed by atoms with Gasteiger partial charge in [0, 0.05) is 16.1 Å². The number of benzene rings is 2. The number of amides is 2. The van der Waals surface area contributed by atoms with Crippen molar-refractivity contribution in [3.05, 3.63) is 81.2 Å². The van der Waals surface area contributed by atoms with Gasteiger partial charge in [0.1, 0.15) is 5.00 Å². The van der Waals surface area contributed by atoms with Crippen LogP contribution < -0.4 is 10.6 Å². The van der Waals surface area contributed by atoms with Crippen LogP contribution in [-0.4, -0.2) is 11.8 Å². The summed E-state index contributed by atoms with van der Waals surface area (Å²) in [4.78, 5) is 27.7. The first-order chi connectivity index (χ1) is 15.6. The summed E-state index contributed by atoms with van der Waals surface area (Å²) < 4.78 is 0. The zero-order chi connectivity index (χ0) is 23.8. The molecule has 2 N–H and O–H groups in total. The van der Waals surface area contributed by atoms with Crippen LogP contribution >= 0.6 is 11.3 Å². The fourth-order valence-electron chi connectivity index (χ4n) is 4.45. The maximum Gasteiger partial charge on any atom is 0.258 e. The number of carbonyl (C=O) groups is 2. The predicted molar refractivity (Wildman–Crippen MR) is 138 cm³/mol. The minimum absolute atomic E-state index is 0.161. The van der Waals surface area contributed by atoms with Crippen molar-refractivity contribution < 1.29 is 9.59 Å². The third kappa shape index (κ3) is 5.19. The summed E-state index contributed by atoms with van der Waals surface area (Å²) in [6.45, 7) is 10.8. The van der Waals surface area contributed by atoms with Crippen molar-refractivity contribution in [1.29, 1.82) is 0 Å². The summed E-state index contributed by atoms with van der Waals surface area (Å²) in [5.74, 6) is 0.203. The molecule has 1 heterocycles. The normalized spacial score (nSPS) is 15.6. The Balaban J connectivity index is 1.68. The van der Waals surface area contributed by atoms with Crippen LogP contribution in [0.4, 0.5) is 10.7 Å². The van der Waals surface area contributed by atoms with Crippen molar-refractivity contribution in [3.63, 3.8) is 0 Å². The summed E-state index contributed by atoms with van der Waals surface area (Å²) in [5, 5.41) is 6.75. The number of thiophene rings is 1. The Labute approximate surface area is 200 Å². The minimum atomic E-state index is -0.189. The van der Waals surface area contributed by atoms with Gasteiger partial charge in [0.05, 0.1) is 5.56 Å². The van der Waals surface area contributed by atoms with Crippen molar-refractivity contribution in [2.24, 2.45) is 11.3 Å². The molecule has 0 saturated carbocycles. The van der Waals surface area contributed by atoms with Gasteiger partial charge in [-0.1, -0.05) is 50.6 Å². The van der Waals surface area contributed by atoms with Gasteiger partial charge in [-0.15, -0.1) is 11.3 Å². The highest BCUT2D eigenvalue weighted by Gasteiger charge is 2.34. The van der Waals surface area contributed by atoms with Crippen LogP contribution in [0.15, 0.2) is 48.5 Å². The number of rotatable bonds is 4. The van der Waals surface area contributed by atoms with Crippen LogP contribution in [0.25, 0.3) is 0 Å². The van der Waals surface area contributed by atoms with Crippen LogP contribution in [-0.2, 0) is 12.8 Å². The van der Waals surface area contributed by atoms with Crippen LogP contribution in [0.1, 0.15) is 69.5 Å². The third-order valence-electron chi connectivity index (χ3n) is 6.53. The van der Waals surface area contributed by atoms with Crippen LogP contribution in [0, 0.1) is 25.2 Å². The number of nitrogens with one attached hydrogen (secondary N) is 2. The molecule has 3 aromatic rings. The van der Waals surface area contributed by atoms with E-state index in [1.807, 2.05) is 62.4 Å². The first-order valence-corrected chi connectivity index (χ1v) is 12.3. The molecule has 0 radical (unpaired) electrons. The Kier molecular flexibility index (Phi) is 6.44. The van der Waals surface area contributed by atoms with Gasteiger partial charge in [-0.2, -0.15) is 0 Å². The molecule has 4 nitrogen and oxygen atoms in total. The van der Waals surface area contributed by atoms with Crippen molar-refractivity contribution in [2.45, 2.75) is 53.9 Å². The summed E-state index contributed by atoms with van der Waals surface area (Å²) >= 11 is 1.56. The molecule has 1 aliphatic carbocycles. The Morgan fingerprint density at radius 1 is 0.939 bits per heavy atom. The number of carbonyl (C=O) groups excluding carboxylic acids is 2. The van der Waals surface area contributed by atoms with E-state index in [1.165, 1.54) is 4.88 Å². The number of fused-ring (bicyclic) bond motifs is 1. The molecule has 0 spiro atoms. The number of hydrogen-bond donors (Lipinski definition) is 2. The molecule has 0 bridgehead atoms. The van der Waals surface area contributed by atoms with E-state index in [1.54, 1.807) is 11.3 Å². The molecule has 0 fully saturated rings. The molecule has 2 aromatic carbocycles. The van der Waals surface area contributed by atoms with E-state index in [0.29, 0.717) is 22.0 Å². The zero-order valence-electron chi connectivity index (χ0n) is 20.0. The van der Waals surface area contributed by atoms with Gasteiger partial charge in [-0.25, -0.2) is 0 Å². The molecule has 5 heteroatoms. The van der Waals surface area contributed by atoms with E-state index in [9.17, 15) is 9.59 Å². The summed E-state index contributed by atoms with van der Waals surface area (Å²) in [7, 11) is 0. The van der Waals surface area contributed by atoms with Gasteiger partial charge in [-0.05, 0) is 79.8 Å². The molecule has 4 rings (SSSR count). The van der Waals surface area contributed by atoms with Gasteiger partial charge in [0.15, 0.2) is 0 Å². The van der Waals surface area contributed by atoms with Crippen LogP contribution in [0.3, 0.4) is 0 Å². The number of anilines is 2. The summed E-state index contributed by atoms with van der Waals surface area (Å²) in [5.41, 5.74) is 5.44. The SMILES string of the molecule is Cc1ccc(C(=O)Nc2sc3c(c2C(=O)Nc2cccc(C)c2)CCC(C(C)(C)C)C3)cc1. The molecule has 172 valence electrons. The highest BCUT2D eigenvalue weighted by Crippen LogP contribution is 2.44. The summed E-state index contributed by atoms with van der Waals surface area (Å²) in [6, 6.07) is 15.3. The summed E-state index contributed by atoms with van der Waals surface area (Å²) in [6.07, 6.45) is 2.84. The molecular formula is C28H32N2O2S. The van der Waals surface area contributed by atoms with Crippen molar-refractivity contribution in [3.8, 4) is 0 Å². The molecule has 0 saturated heterocycles. The van der Waals surface area contributed by atoms with Crippen molar-refractivity contribution >= 4 is 33.8 Å². The van der Waals surface area contributed by atoms with Gasteiger partial charge < -0.3 is 10.6 Å². The molecule has 1 aromatic heterocycles. The van der Waals surface area contributed by atoms with Gasteiger partial charge >= 0.3 is 0 Å². The topological polar surface area (TPSA) is 58.2 Å². The second-order valence-corrected chi connectivity index (χ2v) is 11.3. The highest BCUT2D eigenvalue weighted by atomic mass is 32.1. The predicted octanol–water partition coefficient (Wildman–Crippen LogP) is 7.02. The maximum absolute atomic E-state index is 13.5. The second kappa shape index (κ2) is 9.14. The molecule has 1 atom stereocenters. The van der Waals surface area contributed by atoms with E-state index < -0.39 is 0 Å². The molecule has 2 amide bonds. The Hall–Kier alpha value is -2.92. The minimum Gasteiger partial charge on any atom is -0.322 e. The molecule has 33 heavy (non-hydrogen) atoms. The lowest BCUT2D eigenvalue weighted by atomic mass is 9.72. The Morgan fingerprint density at radius 3 is 2.33 bits per heavy atom.